The predicted octanol–water partition coefficient (Wildman–Crippen LogP) is 1.96. The second-order valence-electron chi connectivity index (χ2n) is 3.05. The molecule has 0 saturated heterocycles. The van der Waals surface area contributed by atoms with Gasteiger partial charge in [0.2, 0.25) is 0 Å². The molecule has 1 aromatic carbocycles. The molecule has 1 aliphatic heterocycles. The summed E-state index contributed by atoms with van der Waals surface area (Å²) in [6, 6.07) is 10.8. The minimum absolute atomic E-state index is 0.760. The quantitative estimate of drug-likeness (QED) is 0.415. The van der Waals surface area contributed by atoms with Crippen molar-refractivity contribution in [2.45, 2.75) is 12.6 Å². The zero-order chi connectivity index (χ0) is 7.52. The zero-order valence-electron chi connectivity index (χ0n) is 6.53. The van der Waals surface area contributed by atoms with Gasteiger partial charge in [-0.25, -0.2) is 0 Å². The Labute approximate surface area is 68.0 Å². The summed E-state index contributed by atoms with van der Waals surface area (Å²) >= 11 is 0. The first kappa shape index (κ1) is 6.72. The van der Waals surface area contributed by atoms with Crippen LogP contribution in [0.5, 0.6) is 0 Å². The fourth-order valence-corrected chi connectivity index (χ4v) is 1.61. The van der Waals surface area contributed by atoms with Crippen molar-refractivity contribution in [3.8, 4) is 0 Å². The Morgan fingerprint density at radius 2 is 1.55 bits per heavy atom. The molecule has 0 spiro atoms. The van der Waals surface area contributed by atoms with Gasteiger partial charge in [-0.05, 0) is 0 Å². The Bertz CT molecular complexity index is 243. The number of hydrogen-bond donors (Lipinski definition) is 0. The maximum atomic E-state index is 2.28. The van der Waals surface area contributed by atoms with Crippen molar-refractivity contribution in [1.29, 1.82) is 0 Å². The van der Waals surface area contributed by atoms with Gasteiger partial charge in [-0.2, -0.15) is 0 Å². The third-order valence-electron chi connectivity index (χ3n) is 2.28. The van der Waals surface area contributed by atoms with Crippen molar-refractivity contribution < 1.29 is 0 Å². The van der Waals surface area contributed by atoms with E-state index in [2.05, 4.69) is 42.5 Å². The summed E-state index contributed by atoms with van der Waals surface area (Å²) in [6.45, 7) is 0.760. The topological polar surface area (TPSA) is 0 Å². The van der Waals surface area contributed by atoms with Crippen LogP contribution in [0.25, 0.3) is 0 Å². The van der Waals surface area contributed by atoms with Gasteiger partial charge in [0, 0.05) is 0 Å². The Morgan fingerprint density at radius 1 is 0.909 bits per heavy atom. The Balaban J connectivity index is 2.17. The molecule has 0 bridgehead atoms. The lowest BCUT2D eigenvalue weighted by atomic mass is 9.43. The molecule has 0 fully saturated rings. The van der Waals surface area contributed by atoms with Gasteiger partial charge in [-0.15, -0.1) is 0 Å². The second-order valence-corrected chi connectivity index (χ2v) is 3.05. The largest absolute Gasteiger partial charge is 0.183 e. The van der Waals surface area contributed by atoms with Crippen molar-refractivity contribution in [2.24, 2.45) is 0 Å². The van der Waals surface area contributed by atoms with Crippen LogP contribution in [-0.4, -0.2) is 6.71 Å². The van der Waals surface area contributed by atoms with Crippen LogP contribution >= 0.6 is 0 Å². The molecule has 0 aromatic heterocycles. The highest BCUT2D eigenvalue weighted by Crippen LogP contribution is 2.10. The normalized spacial score (nSPS) is 15.8. The van der Waals surface area contributed by atoms with Crippen LogP contribution in [0.4, 0.5) is 0 Å². The van der Waals surface area contributed by atoms with Crippen LogP contribution in [0.1, 0.15) is 0 Å². The van der Waals surface area contributed by atoms with E-state index in [1.54, 1.807) is 0 Å². The Hall–Kier alpha value is -0.975. The van der Waals surface area contributed by atoms with Crippen molar-refractivity contribution in [1.82, 2.24) is 0 Å². The smallest absolute Gasteiger partial charge is 0.0960 e. The highest BCUT2D eigenvalue weighted by atomic mass is 13.9. The van der Waals surface area contributed by atoms with Crippen molar-refractivity contribution in [2.75, 3.05) is 0 Å². The van der Waals surface area contributed by atoms with Gasteiger partial charge in [0.25, 0.3) is 0 Å². The van der Waals surface area contributed by atoms with E-state index in [9.17, 15) is 0 Å². The maximum absolute atomic E-state index is 2.28. The van der Waals surface area contributed by atoms with Crippen LogP contribution in [-0.2, 0) is 0 Å². The van der Waals surface area contributed by atoms with Crippen LogP contribution in [0.3, 0.4) is 0 Å². The SMILES string of the molecule is C1=CCB(c2ccccc2)C1. The molecular formula is C10H11B. The fourth-order valence-electron chi connectivity index (χ4n) is 1.61. The summed E-state index contributed by atoms with van der Waals surface area (Å²) < 4.78 is 0. The summed E-state index contributed by atoms with van der Waals surface area (Å²) in [5.74, 6) is 0. The second kappa shape index (κ2) is 2.95. The molecule has 0 aliphatic carbocycles. The predicted molar refractivity (Wildman–Crippen MR) is 50.6 cm³/mol. The van der Waals surface area contributed by atoms with Gasteiger partial charge in [-0.1, -0.05) is 60.6 Å². The minimum atomic E-state index is 0.760. The lowest BCUT2D eigenvalue weighted by Crippen LogP contribution is -2.25. The third-order valence-corrected chi connectivity index (χ3v) is 2.28. The molecule has 2 rings (SSSR count). The van der Waals surface area contributed by atoms with Gasteiger partial charge >= 0.3 is 0 Å². The van der Waals surface area contributed by atoms with Crippen molar-refractivity contribution in [3.63, 3.8) is 0 Å². The van der Waals surface area contributed by atoms with E-state index in [0.717, 1.165) is 6.71 Å². The van der Waals surface area contributed by atoms with Gasteiger partial charge in [0.15, 0.2) is 6.71 Å². The monoisotopic (exact) mass is 142 g/mol. The lowest BCUT2D eigenvalue weighted by Gasteiger charge is -2.03. The summed E-state index contributed by atoms with van der Waals surface area (Å²) in [6.07, 6.45) is 7.00. The van der Waals surface area contributed by atoms with E-state index in [1.807, 2.05) is 0 Å². The summed E-state index contributed by atoms with van der Waals surface area (Å²) in [4.78, 5) is 0. The van der Waals surface area contributed by atoms with Gasteiger partial charge in [0.1, 0.15) is 0 Å². The van der Waals surface area contributed by atoms with E-state index >= 15 is 0 Å². The maximum Gasteiger partial charge on any atom is 0.183 e. The summed E-state index contributed by atoms with van der Waals surface area (Å²) in [5, 5.41) is 0. The molecule has 0 unspecified atom stereocenters. The van der Waals surface area contributed by atoms with Crippen LogP contribution in [0.15, 0.2) is 42.5 Å². The van der Waals surface area contributed by atoms with Crippen LogP contribution in [0, 0.1) is 0 Å². The highest BCUT2D eigenvalue weighted by Gasteiger charge is 2.15. The molecular weight excluding hydrogens is 131 g/mol. The highest BCUT2D eigenvalue weighted by molar-refractivity contribution is 6.74. The van der Waals surface area contributed by atoms with E-state index in [4.69, 9.17) is 0 Å². The zero-order valence-corrected chi connectivity index (χ0v) is 6.53. The first-order valence-electron chi connectivity index (χ1n) is 4.17. The van der Waals surface area contributed by atoms with Gasteiger partial charge in [-0.3, -0.25) is 0 Å². The summed E-state index contributed by atoms with van der Waals surface area (Å²) in [5.41, 5.74) is 1.48. The van der Waals surface area contributed by atoms with E-state index in [0.29, 0.717) is 0 Å². The van der Waals surface area contributed by atoms with E-state index < -0.39 is 0 Å². The lowest BCUT2D eigenvalue weighted by molar-refractivity contribution is 1.66. The summed E-state index contributed by atoms with van der Waals surface area (Å²) in [7, 11) is 0. The molecule has 1 aliphatic rings. The average molecular weight is 142 g/mol. The van der Waals surface area contributed by atoms with Crippen molar-refractivity contribution in [3.05, 3.63) is 42.5 Å². The van der Waals surface area contributed by atoms with Crippen molar-refractivity contribution >= 4 is 12.2 Å². The van der Waals surface area contributed by atoms with Crippen LogP contribution < -0.4 is 5.46 Å². The fraction of sp³-hybridized carbons (Fsp3) is 0.200. The Morgan fingerprint density at radius 3 is 2.18 bits per heavy atom. The van der Waals surface area contributed by atoms with Gasteiger partial charge in [0.05, 0.1) is 0 Å². The number of allylic oxidation sites excluding steroid dienone is 2. The molecule has 1 aromatic rings. The molecule has 1 heterocycles. The van der Waals surface area contributed by atoms with E-state index in [1.165, 1.54) is 18.1 Å². The number of benzene rings is 1. The Kier molecular flexibility index (Phi) is 1.80. The third kappa shape index (κ3) is 1.37. The first-order chi connectivity index (χ1) is 5.47. The van der Waals surface area contributed by atoms with E-state index in [-0.39, 0.29) is 0 Å². The van der Waals surface area contributed by atoms with Gasteiger partial charge < -0.3 is 0 Å². The first-order valence-corrected chi connectivity index (χ1v) is 4.17. The molecule has 54 valence electrons. The molecule has 11 heavy (non-hydrogen) atoms. The minimum Gasteiger partial charge on any atom is -0.0960 e. The molecule has 0 saturated carbocycles. The number of rotatable bonds is 1. The molecule has 0 nitrogen and oxygen atoms in total. The standard InChI is InChI=1S/C10H11B/c1-2-6-10(7-3-1)11-8-4-5-9-11/h1-7H,8-9H2. The molecule has 0 radical (unpaired) electrons. The molecule has 0 amide bonds. The van der Waals surface area contributed by atoms with Crippen LogP contribution in [0.2, 0.25) is 12.6 Å². The molecule has 0 N–H and O–H groups in total. The number of hydrogen-bond acceptors (Lipinski definition) is 0. The molecule has 1 heteroatoms. The average Bonchev–Trinajstić information content (AvgIpc) is 2.58. The molecule has 0 atom stereocenters.